The molecule has 2 aromatic rings. The molecule has 114 valence electrons. The van der Waals surface area contributed by atoms with E-state index in [-0.39, 0.29) is 6.04 Å². The molecule has 0 aliphatic heterocycles. The van der Waals surface area contributed by atoms with Gasteiger partial charge in [0.05, 0.1) is 29.5 Å². The van der Waals surface area contributed by atoms with Gasteiger partial charge in [0.2, 0.25) is 0 Å². The Hall–Kier alpha value is -1.01. The number of aromatic nitrogens is 2. The number of benzene rings is 1. The zero-order valence-corrected chi connectivity index (χ0v) is 14.2. The number of likely N-dealkylation sites (N-methyl/N-ethyl adjacent to an activating group) is 1. The van der Waals surface area contributed by atoms with Gasteiger partial charge in [0.1, 0.15) is 0 Å². The third-order valence-corrected chi connectivity index (χ3v) is 4.40. The molecule has 0 bridgehead atoms. The van der Waals surface area contributed by atoms with Crippen LogP contribution in [0, 0.1) is 0 Å². The third-order valence-electron chi connectivity index (χ3n) is 3.36. The van der Waals surface area contributed by atoms with Crippen LogP contribution in [0.4, 0.5) is 0 Å². The summed E-state index contributed by atoms with van der Waals surface area (Å²) in [5.74, 6) is 0. The number of nitrogens with zero attached hydrogens (tertiary/aromatic N) is 3. The van der Waals surface area contributed by atoms with Crippen LogP contribution >= 0.6 is 23.4 Å². The highest BCUT2D eigenvalue weighted by molar-refractivity contribution is 7.98. The Morgan fingerprint density at radius 1 is 1.33 bits per heavy atom. The summed E-state index contributed by atoms with van der Waals surface area (Å²) in [4.78, 5) is 3.33. The van der Waals surface area contributed by atoms with Gasteiger partial charge in [-0.3, -0.25) is 4.68 Å². The molecule has 0 aliphatic rings. The van der Waals surface area contributed by atoms with E-state index < -0.39 is 0 Å². The van der Waals surface area contributed by atoms with Gasteiger partial charge in [-0.1, -0.05) is 23.7 Å². The molecule has 6 heteroatoms. The predicted molar refractivity (Wildman–Crippen MR) is 90.0 cm³/mol. The molecule has 1 aromatic carbocycles. The maximum Gasteiger partial charge on any atom is 0.0837 e. The number of nitrogens with two attached hydrogens (primary N) is 1. The molecule has 0 fully saturated rings. The summed E-state index contributed by atoms with van der Waals surface area (Å²) in [5.41, 5.74) is 8.31. The lowest BCUT2D eigenvalue weighted by Crippen LogP contribution is -2.23. The van der Waals surface area contributed by atoms with Crippen molar-refractivity contribution in [3.05, 3.63) is 46.7 Å². The largest absolute Gasteiger partial charge is 0.319 e. The molecule has 0 saturated heterocycles. The minimum Gasteiger partial charge on any atom is -0.319 e. The van der Waals surface area contributed by atoms with Crippen LogP contribution in [0.2, 0.25) is 5.02 Å². The SMILES string of the molecule is CSc1ccc(C(N)c2c(Cl)cnn2CCN(C)C)cc1. The lowest BCUT2D eigenvalue weighted by atomic mass is 10.0. The predicted octanol–water partition coefficient (Wildman–Crippen LogP) is 2.87. The summed E-state index contributed by atoms with van der Waals surface area (Å²) < 4.78 is 1.90. The van der Waals surface area contributed by atoms with Crippen molar-refractivity contribution in [1.82, 2.24) is 14.7 Å². The van der Waals surface area contributed by atoms with Crippen molar-refractivity contribution in [3.8, 4) is 0 Å². The summed E-state index contributed by atoms with van der Waals surface area (Å²) in [5, 5.41) is 4.96. The van der Waals surface area contributed by atoms with Gasteiger partial charge in [-0.05, 0) is 38.0 Å². The molecule has 1 atom stereocenters. The number of hydrogen-bond donors (Lipinski definition) is 1. The smallest absolute Gasteiger partial charge is 0.0837 e. The van der Waals surface area contributed by atoms with E-state index in [1.807, 2.05) is 18.8 Å². The van der Waals surface area contributed by atoms with Crippen LogP contribution in [0.3, 0.4) is 0 Å². The van der Waals surface area contributed by atoms with Crippen LogP contribution in [-0.4, -0.2) is 41.6 Å². The van der Waals surface area contributed by atoms with E-state index >= 15 is 0 Å². The van der Waals surface area contributed by atoms with Gasteiger partial charge in [-0.15, -0.1) is 11.8 Å². The molecule has 4 nitrogen and oxygen atoms in total. The van der Waals surface area contributed by atoms with Crippen LogP contribution < -0.4 is 5.73 Å². The molecule has 0 saturated carbocycles. The second kappa shape index (κ2) is 7.31. The molecule has 1 unspecified atom stereocenters. The lowest BCUT2D eigenvalue weighted by Gasteiger charge is -2.17. The Balaban J connectivity index is 2.24. The molecule has 1 heterocycles. The van der Waals surface area contributed by atoms with Crippen molar-refractivity contribution >= 4 is 23.4 Å². The zero-order valence-electron chi connectivity index (χ0n) is 12.6. The van der Waals surface area contributed by atoms with E-state index in [4.69, 9.17) is 17.3 Å². The van der Waals surface area contributed by atoms with E-state index in [0.29, 0.717) is 5.02 Å². The Kier molecular flexibility index (Phi) is 5.70. The highest BCUT2D eigenvalue weighted by Crippen LogP contribution is 2.27. The van der Waals surface area contributed by atoms with Crippen molar-refractivity contribution in [2.75, 3.05) is 26.9 Å². The van der Waals surface area contributed by atoms with Crippen LogP contribution in [0.1, 0.15) is 17.3 Å². The second-order valence-corrected chi connectivity index (χ2v) is 6.44. The first-order chi connectivity index (χ1) is 10.0. The normalized spacial score (nSPS) is 12.9. The fourth-order valence-electron chi connectivity index (χ4n) is 2.12. The van der Waals surface area contributed by atoms with Crippen LogP contribution in [0.15, 0.2) is 35.4 Å². The molecule has 0 amide bonds. The van der Waals surface area contributed by atoms with Gasteiger partial charge in [0, 0.05) is 11.4 Å². The van der Waals surface area contributed by atoms with E-state index in [9.17, 15) is 0 Å². The molecular weight excluding hydrogens is 304 g/mol. The second-order valence-electron chi connectivity index (χ2n) is 5.15. The molecular formula is C15H21ClN4S. The van der Waals surface area contributed by atoms with Crippen molar-refractivity contribution in [1.29, 1.82) is 0 Å². The van der Waals surface area contributed by atoms with Gasteiger partial charge in [-0.25, -0.2) is 0 Å². The minimum atomic E-state index is -0.266. The fourth-order valence-corrected chi connectivity index (χ4v) is 2.79. The first-order valence-corrected chi connectivity index (χ1v) is 8.38. The highest BCUT2D eigenvalue weighted by atomic mass is 35.5. The quantitative estimate of drug-likeness (QED) is 0.830. The standard InChI is InChI=1S/C15H21ClN4S/c1-19(2)8-9-20-15(13(16)10-18-20)14(17)11-4-6-12(21-3)7-5-11/h4-7,10,14H,8-9,17H2,1-3H3. The monoisotopic (exact) mass is 324 g/mol. The van der Waals surface area contributed by atoms with Crippen molar-refractivity contribution < 1.29 is 0 Å². The molecule has 2 rings (SSSR count). The van der Waals surface area contributed by atoms with Crippen LogP contribution in [0.5, 0.6) is 0 Å². The van der Waals surface area contributed by atoms with Crippen LogP contribution in [-0.2, 0) is 6.54 Å². The number of rotatable bonds is 6. The summed E-state index contributed by atoms with van der Waals surface area (Å²) in [7, 11) is 4.07. The summed E-state index contributed by atoms with van der Waals surface area (Å²) in [6, 6.07) is 7.99. The first kappa shape index (κ1) is 16.4. The Morgan fingerprint density at radius 3 is 2.57 bits per heavy atom. The molecule has 0 spiro atoms. The Morgan fingerprint density at radius 2 is 2.00 bits per heavy atom. The molecule has 21 heavy (non-hydrogen) atoms. The van der Waals surface area contributed by atoms with Gasteiger partial charge >= 0.3 is 0 Å². The average Bonchev–Trinajstić information content (AvgIpc) is 2.85. The van der Waals surface area contributed by atoms with Gasteiger partial charge in [-0.2, -0.15) is 5.10 Å². The zero-order chi connectivity index (χ0) is 15.4. The van der Waals surface area contributed by atoms with Gasteiger partial charge in [0.15, 0.2) is 0 Å². The molecule has 1 aromatic heterocycles. The highest BCUT2D eigenvalue weighted by Gasteiger charge is 2.18. The van der Waals surface area contributed by atoms with Gasteiger partial charge in [0.25, 0.3) is 0 Å². The first-order valence-electron chi connectivity index (χ1n) is 6.78. The Labute approximate surface area is 135 Å². The number of thioether (sulfide) groups is 1. The molecule has 0 aliphatic carbocycles. The number of hydrogen-bond acceptors (Lipinski definition) is 4. The maximum atomic E-state index is 6.39. The van der Waals surface area contributed by atoms with Crippen molar-refractivity contribution in [3.63, 3.8) is 0 Å². The van der Waals surface area contributed by atoms with Crippen molar-refractivity contribution in [2.24, 2.45) is 5.73 Å². The maximum absolute atomic E-state index is 6.39. The topological polar surface area (TPSA) is 47.1 Å². The van der Waals surface area contributed by atoms with Crippen LogP contribution in [0.25, 0.3) is 0 Å². The Bertz CT molecular complexity index is 580. The van der Waals surface area contributed by atoms with E-state index in [1.54, 1.807) is 18.0 Å². The minimum absolute atomic E-state index is 0.266. The van der Waals surface area contributed by atoms with E-state index in [0.717, 1.165) is 24.3 Å². The van der Waals surface area contributed by atoms with E-state index in [1.165, 1.54) is 4.90 Å². The average molecular weight is 325 g/mol. The summed E-state index contributed by atoms with van der Waals surface area (Å²) in [6.45, 7) is 1.66. The molecule has 0 radical (unpaired) electrons. The fraction of sp³-hybridized carbons (Fsp3) is 0.400. The summed E-state index contributed by atoms with van der Waals surface area (Å²) in [6.07, 6.45) is 3.73. The third kappa shape index (κ3) is 4.01. The lowest BCUT2D eigenvalue weighted by molar-refractivity contribution is 0.368. The molecule has 2 N–H and O–H groups in total. The number of halogens is 1. The van der Waals surface area contributed by atoms with Crippen molar-refractivity contribution in [2.45, 2.75) is 17.5 Å². The van der Waals surface area contributed by atoms with E-state index in [2.05, 4.69) is 40.5 Å². The summed E-state index contributed by atoms with van der Waals surface area (Å²) >= 11 is 8.00. The van der Waals surface area contributed by atoms with Gasteiger partial charge < -0.3 is 10.6 Å².